The van der Waals surface area contributed by atoms with Crippen LogP contribution in [0, 0.1) is 0 Å². The van der Waals surface area contributed by atoms with Crippen molar-refractivity contribution in [2.24, 2.45) is 5.73 Å². The molecule has 118 valence electrons. The summed E-state index contributed by atoms with van der Waals surface area (Å²) in [6.07, 6.45) is -0.537. The molecule has 0 aliphatic heterocycles. The molecule has 0 aromatic heterocycles. The summed E-state index contributed by atoms with van der Waals surface area (Å²) in [5.41, 5.74) is 7.60. The van der Waals surface area contributed by atoms with Gasteiger partial charge in [-0.2, -0.15) is 0 Å². The van der Waals surface area contributed by atoms with Crippen LogP contribution in [0.3, 0.4) is 0 Å². The molecule has 5 heteroatoms. The Morgan fingerprint density at radius 1 is 1.05 bits per heavy atom. The van der Waals surface area contributed by atoms with Crippen LogP contribution < -0.4 is 10.6 Å². The van der Waals surface area contributed by atoms with Gasteiger partial charge in [-0.25, -0.2) is 0 Å². The first-order chi connectivity index (χ1) is 10.5. The van der Waals surface area contributed by atoms with Crippen molar-refractivity contribution >= 4 is 17.3 Å². The molecule has 0 aliphatic carbocycles. The number of benzene rings is 2. The fourth-order valence-corrected chi connectivity index (χ4v) is 1.86. The van der Waals surface area contributed by atoms with Gasteiger partial charge in [0.05, 0.1) is 12.6 Å². The van der Waals surface area contributed by atoms with Crippen LogP contribution in [0.4, 0.5) is 11.4 Å². The molecular weight excluding hydrogens is 280 g/mol. The van der Waals surface area contributed by atoms with E-state index in [-0.39, 0.29) is 6.54 Å². The van der Waals surface area contributed by atoms with Crippen molar-refractivity contribution in [1.29, 1.82) is 0 Å². The summed E-state index contributed by atoms with van der Waals surface area (Å²) in [4.78, 5) is 11.1. The summed E-state index contributed by atoms with van der Waals surface area (Å²) in [7, 11) is 0. The van der Waals surface area contributed by atoms with Gasteiger partial charge in [0.1, 0.15) is 0 Å². The number of hydrogen-bond donors (Lipinski definition) is 3. The van der Waals surface area contributed by atoms with E-state index < -0.39 is 12.1 Å². The maximum Gasteiger partial charge on any atom is 0.300 e. The molecule has 2 aromatic rings. The number of anilines is 2. The van der Waals surface area contributed by atoms with E-state index in [1.807, 2.05) is 60.7 Å². The van der Waals surface area contributed by atoms with Crippen LogP contribution in [-0.4, -0.2) is 35.4 Å². The summed E-state index contributed by atoms with van der Waals surface area (Å²) in [5.74, 6) is -0.833. The number of aliphatic carboxylic acids is 1. The Labute approximate surface area is 130 Å². The summed E-state index contributed by atoms with van der Waals surface area (Å²) >= 11 is 0. The third-order valence-electron chi connectivity index (χ3n) is 2.80. The highest BCUT2D eigenvalue weighted by Gasteiger charge is 2.12. The van der Waals surface area contributed by atoms with Crippen molar-refractivity contribution in [3.63, 3.8) is 0 Å². The highest BCUT2D eigenvalue weighted by molar-refractivity contribution is 5.63. The molecule has 0 spiro atoms. The maximum atomic E-state index is 9.78. The Morgan fingerprint density at radius 3 is 1.73 bits per heavy atom. The summed E-state index contributed by atoms with van der Waals surface area (Å²) < 4.78 is 0. The number of nitrogens with zero attached hydrogens (tertiary/aromatic N) is 1. The monoisotopic (exact) mass is 302 g/mol. The molecule has 0 saturated heterocycles. The zero-order valence-electron chi connectivity index (χ0n) is 12.6. The molecule has 22 heavy (non-hydrogen) atoms. The molecule has 0 aliphatic rings. The normalized spacial score (nSPS) is 11.0. The number of carbonyl (C=O) groups is 1. The lowest BCUT2D eigenvalue weighted by molar-refractivity contribution is -0.134. The van der Waals surface area contributed by atoms with Gasteiger partial charge < -0.3 is 20.8 Å². The van der Waals surface area contributed by atoms with Crippen LogP contribution in [0.5, 0.6) is 0 Å². The van der Waals surface area contributed by atoms with Crippen molar-refractivity contribution in [1.82, 2.24) is 0 Å². The predicted octanol–water partition coefficient (Wildman–Crippen LogP) is 2.24. The van der Waals surface area contributed by atoms with E-state index in [1.165, 1.54) is 0 Å². The average Bonchev–Trinajstić information content (AvgIpc) is 2.53. The van der Waals surface area contributed by atoms with Gasteiger partial charge in [-0.15, -0.1) is 0 Å². The SMILES string of the molecule is CC(=O)O.NCC(O)CN(c1ccccc1)c1ccccc1. The highest BCUT2D eigenvalue weighted by Crippen LogP contribution is 2.24. The standard InChI is InChI=1S/C15H18N2O.C2H4O2/c16-11-15(18)12-17(13-7-3-1-4-8-13)14-9-5-2-6-10-14;1-2(3)4/h1-10,15,18H,11-12,16H2;1H3,(H,3,4). The minimum atomic E-state index is -0.833. The first-order valence-electron chi connectivity index (χ1n) is 7.00. The summed E-state index contributed by atoms with van der Waals surface area (Å²) in [6.45, 7) is 1.83. The van der Waals surface area contributed by atoms with Gasteiger partial charge in [-0.3, -0.25) is 4.79 Å². The lowest BCUT2D eigenvalue weighted by Gasteiger charge is -2.27. The number of aliphatic hydroxyl groups is 1. The molecule has 4 N–H and O–H groups in total. The second-order valence-electron chi connectivity index (χ2n) is 4.69. The molecule has 0 heterocycles. The minimum absolute atomic E-state index is 0.260. The Kier molecular flexibility index (Phi) is 7.67. The van der Waals surface area contributed by atoms with Crippen molar-refractivity contribution in [3.05, 3.63) is 60.7 Å². The second kappa shape index (κ2) is 9.55. The van der Waals surface area contributed by atoms with Crippen LogP contribution in [0.1, 0.15) is 6.92 Å². The smallest absolute Gasteiger partial charge is 0.300 e. The number of carboxylic acids is 1. The van der Waals surface area contributed by atoms with E-state index >= 15 is 0 Å². The number of rotatable bonds is 5. The third kappa shape index (κ3) is 6.39. The third-order valence-corrected chi connectivity index (χ3v) is 2.80. The lowest BCUT2D eigenvalue weighted by atomic mass is 10.2. The van der Waals surface area contributed by atoms with Crippen LogP contribution in [0.2, 0.25) is 0 Å². The van der Waals surface area contributed by atoms with Gasteiger partial charge in [0.2, 0.25) is 0 Å². The first kappa shape index (κ1) is 17.7. The molecule has 1 unspecified atom stereocenters. The molecule has 2 rings (SSSR count). The van der Waals surface area contributed by atoms with Gasteiger partial charge in [0, 0.05) is 24.8 Å². The molecule has 0 fully saturated rings. The molecule has 0 radical (unpaired) electrons. The number of nitrogens with two attached hydrogens (primary N) is 1. The second-order valence-corrected chi connectivity index (χ2v) is 4.69. The first-order valence-corrected chi connectivity index (χ1v) is 7.00. The van der Waals surface area contributed by atoms with E-state index in [1.54, 1.807) is 0 Å². The highest BCUT2D eigenvalue weighted by atomic mass is 16.4. The molecule has 0 saturated carbocycles. The zero-order valence-corrected chi connectivity index (χ0v) is 12.6. The minimum Gasteiger partial charge on any atom is -0.481 e. The quantitative estimate of drug-likeness (QED) is 0.788. The van der Waals surface area contributed by atoms with Gasteiger partial charge in [-0.1, -0.05) is 36.4 Å². The van der Waals surface area contributed by atoms with Crippen LogP contribution in [-0.2, 0) is 4.79 Å². The largest absolute Gasteiger partial charge is 0.481 e. The Bertz CT molecular complexity index is 503. The molecule has 0 amide bonds. The van der Waals surface area contributed by atoms with Gasteiger partial charge >= 0.3 is 0 Å². The van der Waals surface area contributed by atoms with Crippen LogP contribution in [0.15, 0.2) is 60.7 Å². The summed E-state index contributed by atoms with van der Waals surface area (Å²) in [5, 5.41) is 17.2. The molecule has 0 bridgehead atoms. The molecule has 5 nitrogen and oxygen atoms in total. The number of para-hydroxylation sites is 2. The van der Waals surface area contributed by atoms with E-state index in [2.05, 4.69) is 4.90 Å². The molecule has 1 atom stereocenters. The van der Waals surface area contributed by atoms with E-state index in [0.717, 1.165) is 18.3 Å². The van der Waals surface area contributed by atoms with Crippen molar-refractivity contribution < 1.29 is 15.0 Å². The summed E-state index contributed by atoms with van der Waals surface area (Å²) in [6, 6.07) is 20.0. The van der Waals surface area contributed by atoms with Gasteiger partial charge in [0.15, 0.2) is 0 Å². The van der Waals surface area contributed by atoms with Crippen molar-refractivity contribution in [3.8, 4) is 0 Å². The van der Waals surface area contributed by atoms with Crippen molar-refractivity contribution in [2.45, 2.75) is 13.0 Å². The van der Waals surface area contributed by atoms with E-state index in [0.29, 0.717) is 6.54 Å². The van der Waals surface area contributed by atoms with Crippen LogP contribution >= 0.6 is 0 Å². The topological polar surface area (TPSA) is 86.8 Å². The average molecular weight is 302 g/mol. The van der Waals surface area contributed by atoms with Crippen LogP contribution in [0.25, 0.3) is 0 Å². The Balaban J connectivity index is 0.000000541. The van der Waals surface area contributed by atoms with E-state index in [4.69, 9.17) is 15.6 Å². The molecular formula is C17H22N2O3. The zero-order chi connectivity index (χ0) is 16.4. The lowest BCUT2D eigenvalue weighted by Crippen LogP contribution is -2.33. The number of hydrogen-bond acceptors (Lipinski definition) is 4. The Hall–Kier alpha value is -2.37. The fourth-order valence-electron chi connectivity index (χ4n) is 1.86. The number of aliphatic hydroxyl groups excluding tert-OH is 1. The van der Waals surface area contributed by atoms with Gasteiger partial charge in [-0.05, 0) is 24.3 Å². The fraction of sp³-hybridized carbons (Fsp3) is 0.235. The van der Waals surface area contributed by atoms with E-state index in [9.17, 15) is 5.11 Å². The predicted molar refractivity (Wildman–Crippen MR) is 88.3 cm³/mol. The Morgan fingerprint density at radius 2 is 1.41 bits per heavy atom. The maximum absolute atomic E-state index is 9.78. The molecule has 2 aromatic carbocycles. The van der Waals surface area contributed by atoms with Gasteiger partial charge in [0.25, 0.3) is 5.97 Å². The van der Waals surface area contributed by atoms with Crippen molar-refractivity contribution in [2.75, 3.05) is 18.0 Å². The number of carboxylic acid groups (broad SMARTS) is 1.